The van der Waals surface area contributed by atoms with E-state index in [-0.39, 0.29) is 11.9 Å². The predicted octanol–water partition coefficient (Wildman–Crippen LogP) is 5.99. The zero-order chi connectivity index (χ0) is 25.2. The molecular weight excluding hydrogens is 448 g/mol. The summed E-state index contributed by atoms with van der Waals surface area (Å²) in [6.07, 6.45) is 10.4. The van der Waals surface area contributed by atoms with Crippen LogP contribution in [-0.4, -0.2) is 37.7 Å². The zero-order valence-electron chi connectivity index (χ0n) is 21.8. The van der Waals surface area contributed by atoms with E-state index < -0.39 is 0 Å². The van der Waals surface area contributed by atoms with Gasteiger partial charge in [0.25, 0.3) is 0 Å². The molecule has 2 aromatic carbocycles. The van der Waals surface area contributed by atoms with Crippen molar-refractivity contribution in [2.24, 2.45) is 0 Å². The lowest BCUT2D eigenvalue weighted by atomic mass is 10.00. The third-order valence-corrected chi connectivity index (χ3v) is 7.30. The number of benzene rings is 2. The zero-order valence-corrected chi connectivity index (χ0v) is 21.8. The molecule has 0 radical (unpaired) electrons. The van der Waals surface area contributed by atoms with Crippen molar-refractivity contribution in [3.63, 3.8) is 0 Å². The number of fused-ring (bicyclic) bond motifs is 1. The summed E-state index contributed by atoms with van der Waals surface area (Å²) < 4.78 is 11.4. The summed E-state index contributed by atoms with van der Waals surface area (Å²) in [7, 11) is 0. The number of ether oxygens (including phenoxy) is 2. The topological polar surface area (TPSA) is 59.6 Å². The largest absolute Gasteiger partial charge is 0.486 e. The maximum atomic E-state index is 12.8. The standard InChI is InChI=1S/C31H42N2O3/c1-23-12-15-26(16-13-23)24(2)8-4-3-5-11-31(34)33-28(22-32-27-9-6-7-10-27)20-25-14-17-29-30(21-25)36-19-18-35-29/h12-17,21,27-28,32H,2-11,18-20,22H2,1H3,(H,33,34). The number of carbonyl (C=O) groups is 1. The number of carbonyl (C=O) groups excluding carboxylic acids is 1. The van der Waals surface area contributed by atoms with E-state index >= 15 is 0 Å². The highest BCUT2D eigenvalue weighted by Crippen LogP contribution is 2.31. The minimum absolute atomic E-state index is 0.0574. The van der Waals surface area contributed by atoms with Crippen LogP contribution in [0.5, 0.6) is 11.5 Å². The molecule has 1 amide bonds. The van der Waals surface area contributed by atoms with Gasteiger partial charge in [-0.15, -0.1) is 0 Å². The first-order valence-corrected chi connectivity index (χ1v) is 13.7. The molecule has 1 saturated carbocycles. The van der Waals surface area contributed by atoms with E-state index in [1.165, 1.54) is 42.4 Å². The minimum Gasteiger partial charge on any atom is -0.486 e. The van der Waals surface area contributed by atoms with Crippen molar-refractivity contribution < 1.29 is 14.3 Å². The molecule has 1 fully saturated rings. The molecule has 0 bridgehead atoms. The number of hydrogen-bond acceptors (Lipinski definition) is 4. The van der Waals surface area contributed by atoms with Crippen LogP contribution in [0.1, 0.15) is 74.5 Å². The molecule has 36 heavy (non-hydrogen) atoms. The van der Waals surface area contributed by atoms with Gasteiger partial charge < -0.3 is 20.1 Å². The monoisotopic (exact) mass is 490 g/mol. The van der Waals surface area contributed by atoms with Crippen molar-refractivity contribution in [2.45, 2.75) is 83.2 Å². The third-order valence-electron chi connectivity index (χ3n) is 7.30. The molecule has 2 aliphatic rings. The first-order valence-electron chi connectivity index (χ1n) is 13.7. The van der Waals surface area contributed by atoms with Crippen LogP contribution in [0.15, 0.2) is 49.0 Å². The minimum atomic E-state index is 0.0574. The molecule has 1 heterocycles. The van der Waals surface area contributed by atoms with Gasteiger partial charge in [-0.2, -0.15) is 0 Å². The van der Waals surface area contributed by atoms with Gasteiger partial charge in [0, 0.05) is 25.0 Å². The van der Waals surface area contributed by atoms with E-state index in [4.69, 9.17) is 9.47 Å². The van der Waals surface area contributed by atoms with Crippen molar-refractivity contribution in [3.05, 3.63) is 65.7 Å². The number of rotatable bonds is 13. The Labute approximate surface area is 216 Å². The van der Waals surface area contributed by atoms with Gasteiger partial charge in [-0.3, -0.25) is 4.79 Å². The van der Waals surface area contributed by atoms with Crippen LogP contribution in [0.3, 0.4) is 0 Å². The lowest BCUT2D eigenvalue weighted by molar-refractivity contribution is -0.121. The van der Waals surface area contributed by atoms with E-state index in [0.29, 0.717) is 25.7 Å². The summed E-state index contributed by atoms with van der Waals surface area (Å²) in [5, 5.41) is 7.01. The van der Waals surface area contributed by atoms with Gasteiger partial charge in [0.15, 0.2) is 11.5 Å². The van der Waals surface area contributed by atoms with E-state index in [1.54, 1.807) is 0 Å². The number of amides is 1. The third kappa shape index (κ3) is 8.12. The SMILES string of the molecule is C=C(CCCCCC(=O)NC(CNC1CCCC1)Cc1ccc2c(c1)OCCO2)c1ccc(C)cc1. The van der Waals surface area contributed by atoms with E-state index in [9.17, 15) is 4.79 Å². The number of nitrogens with one attached hydrogen (secondary N) is 2. The van der Waals surface area contributed by atoms with Crippen molar-refractivity contribution in [3.8, 4) is 11.5 Å². The molecule has 1 aliphatic carbocycles. The quantitative estimate of drug-likeness (QED) is 0.339. The molecule has 194 valence electrons. The Balaban J connectivity index is 1.22. The molecule has 0 aromatic heterocycles. The average molecular weight is 491 g/mol. The maximum absolute atomic E-state index is 12.8. The van der Waals surface area contributed by atoms with E-state index in [0.717, 1.165) is 55.7 Å². The highest BCUT2D eigenvalue weighted by Gasteiger charge is 2.20. The lowest BCUT2D eigenvalue weighted by Gasteiger charge is -2.23. The predicted molar refractivity (Wildman–Crippen MR) is 147 cm³/mol. The molecule has 4 rings (SSSR count). The Morgan fingerprint density at radius 2 is 1.69 bits per heavy atom. The van der Waals surface area contributed by atoms with Crippen molar-refractivity contribution in [1.82, 2.24) is 10.6 Å². The van der Waals surface area contributed by atoms with Crippen molar-refractivity contribution >= 4 is 11.5 Å². The fourth-order valence-corrected chi connectivity index (χ4v) is 5.15. The van der Waals surface area contributed by atoms with E-state index in [2.05, 4.69) is 60.5 Å². The maximum Gasteiger partial charge on any atom is 0.220 e. The van der Waals surface area contributed by atoms with Crippen LogP contribution in [0.4, 0.5) is 0 Å². The fraction of sp³-hybridized carbons (Fsp3) is 0.516. The Hall–Kier alpha value is -2.79. The first kappa shape index (κ1) is 26.3. The van der Waals surface area contributed by atoms with Gasteiger partial charge in [-0.1, -0.05) is 61.7 Å². The molecule has 1 unspecified atom stereocenters. The molecule has 1 atom stereocenters. The number of allylic oxidation sites excluding steroid dienone is 1. The molecule has 5 heteroatoms. The normalized spacial score (nSPS) is 16.0. The summed E-state index contributed by atoms with van der Waals surface area (Å²) in [5.74, 6) is 1.75. The molecule has 5 nitrogen and oxygen atoms in total. The fourth-order valence-electron chi connectivity index (χ4n) is 5.15. The summed E-state index contributed by atoms with van der Waals surface area (Å²) in [4.78, 5) is 12.8. The Kier molecular flexibility index (Phi) is 9.85. The van der Waals surface area contributed by atoms with E-state index in [1.807, 2.05) is 6.07 Å². The Morgan fingerprint density at radius 1 is 0.972 bits per heavy atom. The van der Waals surface area contributed by atoms with Crippen LogP contribution in [0.2, 0.25) is 0 Å². The van der Waals surface area contributed by atoms with Gasteiger partial charge in [-0.05, 0) is 74.3 Å². The number of hydrogen-bond donors (Lipinski definition) is 2. The average Bonchev–Trinajstić information content (AvgIpc) is 3.41. The second kappa shape index (κ2) is 13.5. The molecule has 0 spiro atoms. The smallest absolute Gasteiger partial charge is 0.220 e. The Bertz CT molecular complexity index is 995. The number of unbranched alkanes of at least 4 members (excludes halogenated alkanes) is 2. The van der Waals surface area contributed by atoms with Crippen LogP contribution in [0, 0.1) is 6.92 Å². The molecule has 0 saturated heterocycles. The second-order valence-corrected chi connectivity index (χ2v) is 10.4. The van der Waals surface area contributed by atoms with Crippen molar-refractivity contribution in [2.75, 3.05) is 19.8 Å². The molecular formula is C31H42N2O3. The molecule has 1 aliphatic heterocycles. The van der Waals surface area contributed by atoms with Crippen molar-refractivity contribution in [1.29, 1.82) is 0 Å². The van der Waals surface area contributed by atoms with Gasteiger partial charge in [-0.25, -0.2) is 0 Å². The first-order chi connectivity index (χ1) is 17.6. The molecule has 2 N–H and O–H groups in total. The molecule has 2 aromatic rings. The summed E-state index contributed by atoms with van der Waals surface area (Å²) in [6.45, 7) is 8.31. The van der Waals surface area contributed by atoms with Gasteiger partial charge in [0.2, 0.25) is 5.91 Å². The highest BCUT2D eigenvalue weighted by molar-refractivity contribution is 5.76. The highest BCUT2D eigenvalue weighted by atomic mass is 16.6. The van der Waals surface area contributed by atoms with Crippen LogP contribution < -0.4 is 20.1 Å². The summed E-state index contributed by atoms with van der Waals surface area (Å²) in [6, 6.07) is 15.3. The van der Waals surface area contributed by atoms with Gasteiger partial charge >= 0.3 is 0 Å². The van der Waals surface area contributed by atoms with Gasteiger partial charge in [0.1, 0.15) is 13.2 Å². The lowest BCUT2D eigenvalue weighted by Crippen LogP contribution is -2.45. The Morgan fingerprint density at radius 3 is 2.47 bits per heavy atom. The summed E-state index contributed by atoms with van der Waals surface area (Å²) >= 11 is 0. The van der Waals surface area contributed by atoms with Crippen LogP contribution in [0.25, 0.3) is 5.57 Å². The second-order valence-electron chi connectivity index (χ2n) is 10.4. The summed E-state index contributed by atoms with van der Waals surface area (Å²) in [5.41, 5.74) is 4.82. The van der Waals surface area contributed by atoms with Gasteiger partial charge in [0.05, 0.1) is 0 Å². The van der Waals surface area contributed by atoms with Crippen LogP contribution >= 0.6 is 0 Å². The van der Waals surface area contributed by atoms with Crippen LogP contribution in [-0.2, 0) is 11.2 Å². The number of aryl methyl sites for hydroxylation is 1.